The van der Waals surface area contributed by atoms with Gasteiger partial charge in [-0.3, -0.25) is 9.59 Å². The average Bonchev–Trinajstić information content (AvgIpc) is 2.47. The summed E-state index contributed by atoms with van der Waals surface area (Å²) >= 11 is 0. The first-order chi connectivity index (χ1) is 9.63. The first-order valence-corrected chi connectivity index (χ1v) is 6.72. The summed E-state index contributed by atoms with van der Waals surface area (Å²) in [4.78, 5) is 25.2. The average molecular weight is 277 g/mol. The molecule has 0 radical (unpaired) electrons. The van der Waals surface area contributed by atoms with Crippen molar-refractivity contribution < 1.29 is 19.4 Å². The van der Waals surface area contributed by atoms with Crippen molar-refractivity contribution in [3.05, 3.63) is 35.4 Å². The van der Waals surface area contributed by atoms with Crippen LogP contribution in [0.15, 0.2) is 24.3 Å². The summed E-state index contributed by atoms with van der Waals surface area (Å²) in [6.45, 7) is 1.28. The number of hydrogen-bond donors (Lipinski definition) is 1. The summed E-state index contributed by atoms with van der Waals surface area (Å²) in [5, 5.41) is 9.09. The molecular formula is C15H19NO4. The van der Waals surface area contributed by atoms with Gasteiger partial charge in [-0.05, 0) is 24.5 Å². The molecule has 1 atom stereocenters. The van der Waals surface area contributed by atoms with Gasteiger partial charge in [0.15, 0.2) is 0 Å². The van der Waals surface area contributed by atoms with Gasteiger partial charge in [-0.25, -0.2) is 0 Å². The summed E-state index contributed by atoms with van der Waals surface area (Å²) < 4.78 is 5.10. The van der Waals surface area contributed by atoms with Crippen LogP contribution in [0.3, 0.4) is 0 Å². The Morgan fingerprint density at radius 1 is 1.40 bits per heavy atom. The number of amides is 1. The lowest BCUT2D eigenvalue weighted by Crippen LogP contribution is -2.42. The number of carboxylic acids is 1. The van der Waals surface area contributed by atoms with Gasteiger partial charge in [0.1, 0.15) is 0 Å². The van der Waals surface area contributed by atoms with Crippen LogP contribution in [0.5, 0.6) is 0 Å². The Balaban J connectivity index is 2.16. The number of nitrogens with zero attached hydrogens (tertiary/aromatic N) is 1. The molecule has 1 aliphatic heterocycles. The molecule has 1 fully saturated rings. The molecular weight excluding hydrogens is 258 g/mol. The van der Waals surface area contributed by atoms with Crippen molar-refractivity contribution in [1.82, 2.24) is 4.90 Å². The number of benzene rings is 1. The van der Waals surface area contributed by atoms with Gasteiger partial charge in [-0.15, -0.1) is 0 Å². The zero-order valence-electron chi connectivity index (χ0n) is 11.5. The molecule has 2 rings (SSSR count). The molecule has 1 amide bonds. The van der Waals surface area contributed by atoms with E-state index in [1.54, 1.807) is 18.1 Å². The molecule has 108 valence electrons. The van der Waals surface area contributed by atoms with Crippen LogP contribution in [-0.4, -0.2) is 42.1 Å². The normalized spacial score (nSPS) is 18.9. The fourth-order valence-electron chi connectivity index (χ4n) is 2.54. The van der Waals surface area contributed by atoms with E-state index in [0.29, 0.717) is 25.1 Å². The highest BCUT2D eigenvalue weighted by Crippen LogP contribution is 2.20. The number of carbonyl (C=O) groups excluding carboxylic acids is 1. The molecule has 5 heteroatoms. The van der Waals surface area contributed by atoms with Crippen molar-refractivity contribution in [1.29, 1.82) is 0 Å². The summed E-state index contributed by atoms with van der Waals surface area (Å²) in [6.07, 6.45) is 1.37. The van der Waals surface area contributed by atoms with Crippen LogP contribution in [0.4, 0.5) is 0 Å². The Bertz CT molecular complexity index is 500. The number of aliphatic carboxylic acids is 1. The van der Waals surface area contributed by atoms with Gasteiger partial charge in [0.2, 0.25) is 0 Å². The zero-order valence-corrected chi connectivity index (χ0v) is 11.5. The predicted octanol–water partition coefficient (Wildman–Crippen LogP) is 1.77. The fourth-order valence-corrected chi connectivity index (χ4v) is 2.54. The maximum atomic E-state index is 12.5. The Morgan fingerprint density at radius 3 is 2.85 bits per heavy atom. The lowest BCUT2D eigenvalue weighted by Gasteiger charge is -2.31. The van der Waals surface area contributed by atoms with Crippen molar-refractivity contribution in [2.45, 2.75) is 19.4 Å². The highest BCUT2D eigenvalue weighted by Gasteiger charge is 2.29. The number of hydrogen-bond acceptors (Lipinski definition) is 3. The van der Waals surface area contributed by atoms with Crippen LogP contribution in [0.2, 0.25) is 0 Å². The molecule has 1 saturated heterocycles. The van der Waals surface area contributed by atoms with Gasteiger partial charge < -0.3 is 14.7 Å². The Hall–Kier alpha value is -1.88. The minimum Gasteiger partial charge on any atom is -0.481 e. The summed E-state index contributed by atoms with van der Waals surface area (Å²) in [5.74, 6) is -1.39. The molecule has 0 aromatic heterocycles. The van der Waals surface area contributed by atoms with Gasteiger partial charge in [0.05, 0.1) is 12.5 Å². The molecule has 1 aromatic rings. The lowest BCUT2D eigenvalue weighted by molar-refractivity contribution is -0.143. The van der Waals surface area contributed by atoms with Crippen LogP contribution >= 0.6 is 0 Å². The smallest absolute Gasteiger partial charge is 0.308 e. The van der Waals surface area contributed by atoms with Crippen molar-refractivity contribution in [2.75, 3.05) is 20.2 Å². The third-order valence-electron chi connectivity index (χ3n) is 3.61. The van der Waals surface area contributed by atoms with Crippen LogP contribution in [-0.2, 0) is 16.1 Å². The second-order valence-electron chi connectivity index (χ2n) is 5.02. The van der Waals surface area contributed by atoms with Crippen molar-refractivity contribution in [3.63, 3.8) is 0 Å². The number of carbonyl (C=O) groups is 2. The molecule has 1 aliphatic rings. The molecule has 5 nitrogen and oxygen atoms in total. The van der Waals surface area contributed by atoms with Gasteiger partial charge >= 0.3 is 5.97 Å². The van der Waals surface area contributed by atoms with Gasteiger partial charge in [-0.1, -0.05) is 18.2 Å². The first kappa shape index (κ1) is 14.5. The van der Waals surface area contributed by atoms with Crippen LogP contribution in [0, 0.1) is 5.92 Å². The molecule has 0 spiro atoms. The van der Waals surface area contributed by atoms with E-state index in [2.05, 4.69) is 0 Å². The monoisotopic (exact) mass is 277 g/mol. The minimum atomic E-state index is -0.826. The molecule has 0 unspecified atom stereocenters. The van der Waals surface area contributed by atoms with E-state index < -0.39 is 11.9 Å². The van der Waals surface area contributed by atoms with E-state index in [1.807, 2.05) is 18.2 Å². The third-order valence-corrected chi connectivity index (χ3v) is 3.61. The van der Waals surface area contributed by atoms with E-state index in [0.717, 1.165) is 12.0 Å². The number of rotatable bonds is 4. The van der Waals surface area contributed by atoms with E-state index in [4.69, 9.17) is 9.84 Å². The molecule has 1 heterocycles. The molecule has 1 N–H and O–H groups in total. The van der Waals surface area contributed by atoms with E-state index >= 15 is 0 Å². The molecule has 1 aromatic carbocycles. The third kappa shape index (κ3) is 3.17. The SMILES string of the molecule is COCc1ccccc1C(=O)N1CCC[C@@H](C(=O)O)C1. The zero-order chi connectivity index (χ0) is 14.5. The first-order valence-electron chi connectivity index (χ1n) is 6.72. The number of ether oxygens (including phenoxy) is 1. The number of likely N-dealkylation sites (tertiary alicyclic amines) is 1. The molecule has 20 heavy (non-hydrogen) atoms. The molecule has 0 aliphatic carbocycles. The number of carboxylic acid groups (broad SMARTS) is 1. The second kappa shape index (κ2) is 6.52. The standard InChI is InChI=1S/C15H19NO4/c1-20-10-12-5-2-3-7-13(12)14(17)16-8-4-6-11(9-16)15(18)19/h2-3,5,7,11H,4,6,8-10H2,1H3,(H,18,19)/t11-/m1/s1. The summed E-state index contributed by atoms with van der Waals surface area (Å²) in [6, 6.07) is 7.29. The van der Waals surface area contributed by atoms with Crippen LogP contribution < -0.4 is 0 Å². The Morgan fingerprint density at radius 2 is 2.15 bits per heavy atom. The highest BCUT2D eigenvalue weighted by molar-refractivity contribution is 5.96. The van der Waals surface area contributed by atoms with Crippen LogP contribution in [0.25, 0.3) is 0 Å². The fraction of sp³-hybridized carbons (Fsp3) is 0.467. The summed E-state index contributed by atoms with van der Waals surface area (Å²) in [7, 11) is 1.59. The quantitative estimate of drug-likeness (QED) is 0.910. The Labute approximate surface area is 118 Å². The molecule has 0 saturated carbocycles. The lowest BCUT2D eigenvalue weighted by atomic mass is 9.97. The minimum absolute atomic E-state index is 0.108. The second-order valence-corrected chi connectivity index (χ2v) is 5.02. The van der Waals surface area contributed by atoms with Gasteiger partial charge in [0.25, 0.3) is 5.91 Å². The van der Waals surface area contributed by atoms with E-state index in [-0.39, 0.29) is 12.5 Å². The number of methoxy groups -OCH3 is 1. The Kier molecular flexibility index (Phi) is 4.74. The number of piperidine rings is 1. The topological polar surface area (TPSA) is 66.8 Å². The largest absolute Gasteiger partial charge is 0.481 e. The molecule has 0 bridgehead atoms. The van der Waals surface area contributed by atoms with E-state index in [1.165, 1.54) is 0 Å². The van der Waals surface area contributed by atoms with Crippen molar-refractivity contribution >= 4 is 11.9 Å². The highest BCUT2D eigenvalue weighted by atomic mass is 16.5. The van der Waals surface area contributed by atoms with Crippen molar-refractivity contribution in [3.8, 4) is 0 Å². The van der Waals surface area contributed by atoms with Gasteiger partial charge in [-0.2, -0.15) is 0 Å². The van der Waals surface area contributed by atoms with Gasteiger partial charge in [0, 0.05) is 25.8 Å². The maximum absolute atomic E-state index is 12.5. The van der Waals surface area contributed by atoms with Crippen molar-refractivity contribution in [2.24, 2.45) is 5.92 Å². The maximum Gasteiger partial charge on any atom is 0.308 e. The summed E-state index contributed by atoms with van der Waals surface area (Å²) in [5.41, 5.74) is 1.43. The predicted molar refractivity (Wildman–Crippen MR) is 73.4 cm³/mol. The van der Waals surface area contributed by atoms with E-state index in [9.17, 15) is 9.59 Å². The van der Waals surface area contributed by atoms with Crippen LogP contribution in [0.1, 0.15) is 28.8 Å².